The third-order valence-corrected chi connectivity index (χ3v) is 2.54. The zero-order valence-corrected chi connectivity index (χ0v) is 5.77. The van der Waals surface area contributed by atoms with Crippen LogP contribution in [0.2, 0.25) is 0 Å². The zero-order valence-electron chi connectivity index (χ0n) is 4.96. The molecule has 4 heteroatoms. The van der Waals surface area contributed by atoms with Gasteiger partial charge >= 0.3 is 0 Å². The molecule has 0 amide bonds. The fourth-order valence-electron chi connectivity index (χ4n) is 0.215. The quantitative estimate of drug-likeness (QED) is 0.576. The Morgan fingerprint density at radius 3 is 2.00 bits per heavy atom. The second-order valence-electron chi connectivity index (χ2n) is 1.53. The minimum atomic E-state index is -3.08. The summed E-state index contributed by atoms with van der Waals surface area (Å²) in [6.07, 6.45) is 0. The van der Waals surface area contributed by atoms with Gasteiger partial charge in [0.2, 0.25) is 0 Å². The Bertz CT molecular complexity index is 147. The van der Waals surface area contributed by atoms with Gasteiger partial charge in [0.1, 0.15) is 5.37 Å². The minimum absolute atomic E-state index is 0.771. The highest BCUT2D eigenvalue weighted by Crippen LogP contribution is 1.97. The highest BCUT2D eigenvalue weighted by atomic mass is 32.2. The molecule has 0 saturated heterocycles. The second kappa shape index (κ2) is 2.46. The lowest BCUT2D eigenvalue weighted by molar-refractivity contribution is 0.591. The monoisotopic (exact) mass is 136 g/mol. The topological polar surface area (TPSA) is 60.2 Å². The van der Waals surface area contributed by atoms with Gasteiger partial charge in [0.25, 0.3) is 0 Å². The van der Waals surface area contributed by atoms with E-state index in [1.54, 1.807) is 0 Å². The van der Waals surface area contributed by atoms with Gasteiger partial charge in [0, 0.05) is 0 Å². The Labute approximate surface area is 49.8 Å². The van der Waals surface area contributed by atoms with Crippen molar-refractivity contribution >= 4 is 9.84 Å². The lowest BCUT2D eigenvalue weighted by Gasteiger charge is -2.01. The van der Waals surface area contributed by atoms with E-state index < -0.39 is 15.2 Å². The van der Waals surface area contributed by atoms with Gasteiger partial charge in [-0.25, -0.2) is 8.42 Å². The van der Waals surface area contributed by atoms with Crippen LogP contribution in [0.3, 0.4) is 0 Å². The summed E-state index contributed by atoms with van der Waals surface area (Å²) in [4.78, 5) is 0. The third-order valence-electron chi connectivity index (χ3n) is 0.847. The van der Waals surface area contributed by atoms with Gasteiger partial charge in [0.15, 0.2) is 9.84 Å². The van der Waals surface area contributed by atoms with Crippen molar-refractivity contribution in [3.63, 3.8) is 0 Å². The molecule has 1 radical (unpaired) electrons. The number of hydrogen-bond donors (Lipinski definition) is 1. The van der Waals surface area contributed by atoms with E-state index in [4.69, 9.17) is 5.73 Å². The lowest BCUT2D eigenvalue weighted by atomic mass is 10.8. The van der Waals surface area contributed by atoms with Gasteiger partial charge in [-0.1, -0.05) is 0 Å². The summed E-state index contributed by atoms with van der Waals surface area (Å²) in [5.41, 5.74) is 5.06. The molecule has 0 bridgehead atoms. The average molecular weight is 136 g/mol. The van der Waals surface area contributed by atoms with E-state index in [0.717, 1.165) is 5.75 Å². The summed E-state index contributed by atoms with van der Waals surface area (Å²) in [7, 11) is -3.08. The first-order chi connectivity index (χ1) is 3.50. The lowest BCUT2D eigenvalue weighted by Crippen LogP contribution is -2.25. The number of hydrogen-bond acceptors (Lipinski definition) is 3. The van der Waals surface area contributed by atoms with Crippen molar-refractivity contribution in [2.24, 2.45) is 5.73 Å². The van der Waals surface area contributed by atoms with Crippen molar-refractivity contribution < 1.29 is 8.42 Å². The summed E-state index contributed by atoms with van der Waals surface area (Å²) in [6.45, 7) is 2.90. The Morgan fingerprint density at radius 2 is 2.00 bits per heavy atom. The van der Waals surface area contributed by atoms with Crippen LogP contribution in [-0.2, 0) is 9.84 Å². The molecule has 0 spiro atoms. The van der Waals surface area contributed by atoms with Crippen molar-refractivity contribution in [1.29, 1.82) is 0 Å². The molecular formula is C4H10NO2S. The molecule has 0 aromatic carbocycles. The molecule has 0 aliphatic carbocycles. The SMILES string of the molecule is C[CH]S(=O)(=O)C(C)N. The molecule has 0 rings (SSSR count). The molecule has 0 aliphatic rings. The molecule has 8 heavy (non-hydrogen) atoms. The van der Waals surface area contributed by atoms with Crippen molar-refractivity contribution in [2.75, 3.05) is 0 Å². The normalized spacial score (nSPS) is 15.9. The molecule has 1 unspecified atom stereocenters. The van der Waals surface area contributed by atoms with Crippen LogP contribution >= 0.6 is 0 Å². The smallest absolute Gasteiger partial charge is 0.169 e. The van der Waals surface area contributed by atoms with Crippen LogP contribution in [-0.4, -0.2) is 13.8 Å². The van der Waals surface area contributed by atoms with Crippen LogP contribution in [0.15, 0.2) is 0 Å². The number of rotatable bonds is 2. The van der Waals surface area contributed by atoms with Crippen molar-refractivity contribution in [1.82, 2.24) is 0 Å². The predicted molar refractivity (Wildman–Crippen MR) is 32.5 cm³/mol. The molecule has 0 aliphatic heterocycles. The van der Waals surface area contributed by atoms with E-state index in [9.17, 15) is 8.42 Å². The van der Waals surface area contributed by atoms with Crippen LogP contribution in [0.1, 0.15) is 13.8 Å². The van der Waals surface area contributed by atoms with Gasteiger partial charge in [0.05, 0.1) is 5.75 Å². The van der Waals surface area contributed by atoms with Crippen molar-refractivity contribution in [2.45, 2.75) is 19.2 Å². The first kappa shape index (κ1) is 7.91. The Kier molecular flexibility index (Phi) is 2.43. The fourth-order valence-corrected chi connectivity index (χ4v) is 0.644. The van der Waals surface area contributed by atoms with Crippen LogP contribution in [0.5, 0.6) is 0 Å². The standard InChI is InChI=1S/C4H10NO2S/c1-3-8(6,7)4(2)5/h3-4H,5H2,1-2H3. The van der Waals surface area contributed by atoms with E-state index in [1.165, 1.54) is 13.8 Å². The molecule has 3 nitrogen and oxygen atoms in total. The van der Waals surface area contributed by atoms with E-state index >= 15 is 0 Å². The molecule has 0 saturated carbocycles. The van der Waals surface area contributed by atoms with Crippen LogP contribution in [0, 0.1) is 5.75 Å². The van der Waals surface area contributed by atoms with Gasteiger partial charge in [-0.05, 0) is 13.8 Å². The van der Waals surface area contributed by atoms with Crippen LogP contribution in [0.4, 0.5) is 0 Å². The van der Waals surface area contributed by atoms with Gasteiger partial charge in [-0.3, -0.25) is 0 Å². The number of nitrogens with two attached hydrogens (primary N) is 1. The summed E-state index contributed by atoms with van der Waals surface area (Å²) >= 11 is 0. The van der Waals surface area contributed by atoms with E-state index in [1.807, 2.05) is 0 Å². The summed E-state index contributed by atoms with van der Waals surface area (Å²) in [5, 5.41) is -0.771. The van der Waals surface area contributed by atoms with E-state index in [-0.39, 0.29) is 0 Å². The predicted octanol–water partition coefficient (Wildman–Crippen LogP) is -0.112. The van der Waals surface area contributed by atoms with Gasteiger partial charge in [-0.15, -0.1) is 0 Å². The number of sulfone groups is 1. The maximum absolute atomic E-state index is 10.5. The minimum Gasteiger partial charge on any atom is -0.315 e. The van der Waals surface area contributed by atoms with Crippen molar-refractivity contribution in [3.8, 4) is 0 Å². The highest BCUT2D eigenvalue weighted by Gasteiger charge is 2.12. The largest absolute Gasteiger partial charge is 0.315 e. The van der Waals surface area contributed by atoms with Crippen molar-refractivity contribution in [3.05, 3.63) is 5.75 Å². The maximum atomic E-state index is 10.5. The Hall–Kier alpha value is -0.0900. The fraction of sp³-hybridized carbons (Fsp3) is 0.750. The third kappa shape index (κ3) is 1.79. The first-order valence-corrected chi connectivity index (χ1v) is 3.90. The molecule has 49 valence electrons. The van der Waals surface area contributed by atoms with Gasteiger partial charge < -0.3 is 5.73 Å². The van der Waals surface area contributed by atoms with E-state index in [0.29, 0.717) is 0 Å². The first-order valence-electron chi connectivity index (χ1n) is 2.29. The molecule has 0 aromatic rings. The highest BCUT2D eigenvalue weighted by molar-refractivity contribution is 7.93. The molecule has 0 heterocycles. The molecular weight excluding hydrogens is 126 g/mol. The van der Waals surface area contributed by atoms with Crippen LogP contribution < -0.4 is 5.73 Å². The molecule has 0 fully saturated rings. The van der Waals surface area contributed by atoms with Gasteiger partial charge in [-0.2, -0.15) is 0 Å². The summed E-state index contributed by atoms with van der Waals surface area (Å²) in [6, 6.07) is 0. The second-order valence-corrected chi connectivity index (χ2v) is 3.92. The van der Waals surface area contributed by atoms with E-state index in [2.05, 4.69) is 0 Å². The summed E-state index contributed by atoms with van der Waals surface area (Å²) < 4.78 is 21.0. The average Bonchev–Trinajstić information content (AvgIpc) is 1.67. The zero-order chi connectivity index (χ0) is 6.78. The molecule has 2 N–H and O–H groups in total. The Balaban J connectivity index is 4.17. The molecule has 0 aromatic heterocycles. The maximum Gasteiger partial charge on any atom is 0.169 e. The Morgan fingerprint density at radius 1 is 1.62 bits per heavy atom. The molecule has 1 atom stereocenters. The van der Waals surface area contributed by atoms with Crippen LogP contribution in [0.25, 0.3) is 0 Å². The summed E-state index contributed by atoms with van der Waals surface area (Å²) in [5.74, 6) is 1.11.